The molecule has 3 rings (SSSR count). The predicted octanol–water partition coefficient (Wildman–Crippen LogP) is 3.90. The first kappa shape index (κ1) is 16.6. The number of hydrogen-bond donors (Lipinski definition) is 2. The Morgan fingerprint density at radius 2 is 1.96 bits per heavy atom. The molecule has 1 aliphatic rings. The smallest absolute Gasteiger partial charge is 0.262 e. The summed E-state index contributed by atoms with van der Waals surface area (Å²) in [5.41, 5.74) is 1.95. The molecular formula is C17H14Cl2N2O3. The minimum Gasteiger partial charge on any atom is -0.482 e. The summed E-state index contributed by atoms with van der Waals surface area (Å²) in [5.74, 6) is 0.249. The van der Waals surface area contributed by atoms with Crippen LogP contribution in [0.3, 0.4) is 0 Å². The van der Waals surface area contributed by atoms with Crippen molar-refractivity contribution in [2.75, 3.05) is 17.2 Å². The molecule has 0 saturated heterocycles. The normalized spacial score (nSPS) is 12.8. The molecule has 2 aromatic rings. The van der Waals surface area contributed by atoms with Crippen LogP contribution in [0.4, 0.5) is 11.4 Å². The van der Waals surface area contributed by atoms with Gasteiger partial charge in [-0.3, -0.25) is 9.59 Å². The lowest BCUT2D eigenvalue weighted by Gasteiger charge is -2.18. The average Bonchev–Trinajstić information content (AvgIpc) is 2.56. The number of fused-ring (bicyclic) bond motifs is 1. The Morgan fingerprint density at radius 1 is 1.21 bits per heavy atom. The molecule has 0 spiro atoms. The zero-order valence-electron chi connectivity index (χ0n) is 12.6. The number of anilines is 2. The van der Waals surface area contributed by atoms with E-state index in [4.69, 9.17) is 27.9 Å². The van der Waals surface area contributed by atoms with Crippen molar-refractivity contribution in [3.05, 3.63) is 52.0 Å². The molecule has 1 heterocycles. The predicted molar refractivity (Wildman–Crippen MR) is 94.0 cm³/mol. The Morgan fingerprint density at radius 3 is 2.71 bits per heavy atom. The first-order chi connectivity index (χ1) is 11.5. The molecule has 0 fully saturated rings. The van der Waals surface area contributed by atoms with Crippen molar-refractivity contribution in [3.63, 3.8) is 0 Å². The number of nitrogens with one attached hydrogen (secondary N) is 2. The fourth-order valence-electron chi connectivity index (χ4n) is 2.36. The summed E-state index contributed by atoms with van der Waals surface area (Å²) in [6.45, 7) is 0.0212. The maximum atomic E-state index is 12.1. The lowest BCUT2D eigenvalue weighted by molar-refractivity contribution is -0.118. The van der Waals surface area contributed by atoms with Crippen molar-refractivity contribution in [2.24, 2.45) is 0 Å². The van der Waals surface area contributed by atoms with Gasteiger partial charge in [-0.05, 0) is 36.2 Å². The first-order valence-corrected chi connectivity index (χ1v) is 8.08. The van der Waals surface area contributed by atoms with Crippen LogP contribution in [-0.4, -0.2) is 18.4 Å². The molecule has 0 bridgehead atoms. The summed E-state index contributed by atoms with van der Waals surface area (Å²) in [5, 5.41) is 6.25. The molecule has 0 aliphatic carbocycles. The second-order valence-corrected chi connectivity index (χ2v) is 6.13. The van der Waals surface area contributed by atoms with Crippen LogP contribution in [0.2, 0.25) is 10.0 Å². The van der Waals surface area contributed by atoms with E-state index in [1.165, 1.54) is 0 Å². The number of halogens is 2. The van der Waals surface area contributed by atoms with E-state index in [0.29, 0.717) is 33.6 Å². The van der Waals surface area contributed by atoms with Gasteiger partial charge in [-0.2, -0.15) is 0 Å². The quantitative estimate of drug-likeness (QED) is 0.864. The van der Waals surface area contributed by atoms with Gasteiger partial charge in [-0.15, -0.1) is 0 Å². The number of carbonyl (C=O) groups excluding carboxylic acids is 2. The van der Waals surface area contributed by atoms with Crippen molar-refractivity contribution < 1.29 is 14.3 Å². The number of hydrogen-bond acceptors (Lipinski definition) is 3. The van der Waals surface area contributed by atoms with E-state index in [2.05, 4.69) is 10.6 Å². The molecule has 1 aliphatic heterocycles. The van der Waals surface area contributed by atoms with Crippen molar-refractivity contribution >= 4 is 46.4 Å². The highest BCUT2D eigenvalue weighted by Gasteiger charge is 2.16. The maximum Gasteiger partial charge on any atom is 0.262 e. The molecule has 0 aromatic heterocycles. The van der Waals surface area contributed by atoms with E-state index in [1.54, 1.807) is 24.3 Å². The molecule has 24 heavy (non-hydrogen) atoms. The van der Waals surface area contributed by atoms with Gasteiger partial charge in [0.2, 0.25) is 5.91 Å². The number of para-hydroxylation sites is 1. The minimum atomic E-state index is -0.192. The van der Waals surface area contributed by atoms with E-state index >= 15 is 0 Å². The molecule has 124 valence electrons. The Labute approximate surface area is 148 Å². The van der Waals surface area contributed by atoms with Crippen molar-refractivity contribution in [1.29, 1.82) is 0 Å². The van der Waals surface area contributed by atoms with Gasteiger partial charge in [0.15, 0.2) is 6.61 Å². The van der Waals surface area contributed by atoms with Crippen LogP contribution in [0.25, 0.3) is 0 Å². The van der Waals surface area contributed by atoms with Gasteiger partial charge in [0.25, 0.3) is 5.91 Å². The third kappa shape index (κ3) is 3.80. The molecule has 2 aromatic carbocycles. The molecule has 5 nitrogen and oxygen atoms in total. The average molecular weight is 365 g/mol. The van der Waals surface area contributed by atoms with Crippen molar-refractivity contribution in [1.82, 2.24) is 0 Å². The summed E-state index contributed by atoms with van der Waals surface area (Å²) >= 11 is 12.1. The van der Waals surface area contributed by atoms with Gasteiger partial charge < -0.3 is 15.4 Å². The molecule has 2 N–H and O–H groups in total. The largest absolute Gasteiger partial charge is 0.482 e. The van der Waals surface area contributed by atoms with E-state index in [1.807, 2.05) is 12.1 Å². The van der Waals surface area contributed by atoms with Crippen LogP contribution >= 0.6 is 23.2 Å². The highest BCUT2D eigenvalue weighted by Crippen LogP contribution is 2.31. The van der Waals surface area contributed by atoms with Gasteiger partial charge in [0.05, 0.1) is 21.4 Å². The van der Waals surface area contributed by atoms with Gasteiger partial charge in [0.1, 0.15) is 5.75 Å². The van der Waals surface area contributed by atoms with Crippen LogP contribution < -0.4 is 15.4 Å². The Balaban J connectivity index is 1.62. The van der Waals surface area contributed by atoms with Crippen LogP contribution in [-0.2, 0) is 16.0 Å². The molecule has 0 atom stereocenters. The van der Waals surface area contributed by atoms with E-state index in [0.717, 1.165) is 5.56 Å². The van der Waals surface area contributed by atoms with Gasteiger partial charge >= 0.3 is 0 Å². The first-order valence-electron chi connectivity index (χ1n) is 7.32. The number of benzene rings is 2. The molecule has 7 heteroatoms. The molecular weight excluding hydrogens is 351 g/mol. The second-order valence-electron chi connectivity index (χ2n) is 5.31. The fraction of sp³-hybridized carbons (Fsp3) is 0.176. The van der Waals surface area contributed by atoms with E-state index < -0.39 is 0 Å². The number of carbonyl (C=O) groups is 2. The summed E-state index contributed by atoms with van der Waals surface area (Å²) in [4.78, 5) is 23.5. The van der Waals surface area contributed by atoms with Crippen LogP contribution in [0.1, 0.15) is 12.0 Å². The maximum absolute atomic E-state index is 12.1. The van der Waals surface area contributed by atoms with Gasteiger partial charge in [-0.25, -0.2) is 0 Å². The Bertz CT molecular complexity index is 788. The van der Waals surface area contributed by atoms with E-state index in [9.17, 15) is 9.59 Å². The summed E-state index contributed by atoms with van der Waals surface area (Å²) in [7, 11) is 0. The lowest BCUT2D eigenvalue weighted by Crippen LogP contribution is -2.25. The van der Waals surface area contributed by atoms with Crippen LogP contribution in [0.15, 0.2) is 36.4 Å². The van der Waals surface area contributed by atoms with Crippen molar-refractivity contribution in [2.45, 2.75) is 12.8 Å². The topological polar surface area (TPSA) is 67.4 Å². The summed E-state index contributed by atoms with van der Waals surface area (Å²) in [6.07, 6.45) is 0.770. The lowest BCUT2D eigenvalue weighted by atomic mass is 10.1. The fourth-order valence-corrected chi connectivity index (χ4v) is 2.85. The molecule has 2 amide bonds. The molecule has 0 radical (unpaired) electrons. The van der Waals surface area contributed by atoms with Gasteiger partial charge in [-0.1, -0.05) is 35.3 Å². The highest BCUT2D eigenvalue weighted by molar-refractivity contribution is 6.39. The monoisotopic (exact) mass is 364 g/mol. The van der Waals surface area contributed by atoms with Gasteiger partial charge in [0, 0.05) is 6.42 Å². The Kier molecular flexibility index (Phi) is 4.92. The standard InChI is InChI=1S/C17H14Cl2N2O3/c18-11-2-1-3-12(19)17(11)21-15(22)7-5-10-4-6-14-13(8-10)20-16(23)9-24-14/h1-4,6,8H,5,7,9H2,(H,20,23)(H,21,22). The number of rotatable bonds is 4. The van der Waals surface area contributed by atoms with Crippen LogP contribution in [0.5, 0.6) is 5.75 Å². The highest BCUT2D eigenvalue weighted by atomic mass is 35.5. The van der Waals surface area contributed by atoms with Crippen LogP contribution in [0, 0.1) is 0 Å². The SMILES string of the molecule is O=C1COc2ccc(CCC(=O)Nc3c(Cl)cccc3Cl)cc2N1. The third-order valence-electron chi connectivity index (χ3n) is 3.54. The number of aryl methyl sites for hydroxylation is 1. The zero-order valence-corrected chi connectivity index (χ0v) is 14.1. The van der Waals surface area contributed by atoms with Crippen molar-refractivity contribution in [3.8, 4) is 5.75 Å². The third-order valence-corrected chi connectivity index (χ3v) is 4.17. The number of amides is 2. The summed E-state index contributed by atoms with van der Waals surface area (Å²) in [6, 6.07) is 10.5. The molecule has 0 saturated carbocycles. The second kappa shape index (κ2) is 7.11. The summed E-state index contributed by atoms with van der Waals surface area (Å²) < 4.78 is 5.30. The minimum absolute atomic E-state index is 0.0212. The zero-order chi connectivity index (χ0) is 17.1. The number of ether oxygens (including phenoxy) is 1. The van der Waals surface area contributed by atoms with E-state index in [-0.39, 0.29) is 24.8 Å². The molecule has 0 unspecified atom stereocenters. The Hall–Kier alpha value is -2.24.